The van der Waals surface area contributed by atoms with E-state index >= 15 is 0 Å². The summed E-state index contributed by atoms with van der Waals surface area (Å²) in [4.78, 5) is 14.6. The van der Waals surface area contributed by atoms with Crippen LogP contribution in [0.5, 0.6) is 0 Å². The van der Waals surface area contributed by atoms with Crippen LogP contribution >= 0.6 is 11.3 Å². The maximum absolute atomic E-state index is 12.2. The number of nitrogens with zero attached hydrogens (tertiary/aromatic N) is 4. The number of nitriles is 3. The fraction of sp³-hybridized carbons (Fsp3) is 0.368. The third-order valence-electron chi connectivity index (χ3n) is 5.04. The Morgan fingerprint density at radius 2 is 2.19 bits per heavy atom. The molecule has 0 aromatic carbocycles. The lowest BCUT2D eigenvalue weighted by atomic mass is 9.59. The van der Waals surface area contributed by atoms with Crippen molar-refractivity contribution in [1.29, 1.82) is 15.8 Å². The molecule has 0 bridgehead atoms. The van der Waals surface area contributed by atoms with Crippen LogP contribution in [0.2, 0.25) is 0 Å². The maximum atomic E-state index is 12.2. The van der Waals surface area contributed by atoms with Crippen LogP contribution in [-0.4, -0.2) is 30.7 Å². The van der Waals surface area contributed by atoms with Crippen molar-refractivity contribution in [3.63, 3.8) is 0 Å². The Hall–Kier alpha value is -3.28. The summed E-state index contributed by atoms with van der Waals surface area (Å²) in [7, 11) is 0. The summed E-state index contributed by atoms with van der Waals surface area (Å²) >= 11 is 1.42. The summed E-state index contributed by atoms with van der Waals surface area (Å²) in [6.07, 6.45) is 1.31. The predicted molar refractivity (Wildman–Crippen MR) is 97.7 cm³/mol. The van der Waals surface area contributed by atoms with E-state index < -0.39 is 23.3 Å². The van der Waals surface area contributed by atoms with E-state index in [1.165, 1.54) is 16.2 Å². The highest BCUT2D eigenvalue weighted by Crippen LogP contribution is 2.54. The number of hydrogen-bond donors (Lipinski definition) is 1. The first kappa shape index (κ1) is 18.5. The van der Waals surface area contributed by atoms with E-state index in [0.29, 0.717) is 5.57 Å². The Morgan fingerprint density at radius 1 is 1.44 bits per heavy atom. The molecule has 1 aromatic heterocycles. The lowest BCUT2D eigenvalue weighted by Gasteiger charge is -2.44. The van der Waals surface area contributed by atoms with Crippen molar-refractivity contribution in [2.24, 2.45) is 17.1 Å². The minimum Gasteiger partial charge on any atom is -0.450 e. The van der Waals surface area contributed by atoms with Crippen LogP contribution in [0.15, 0.2) is 40.4 Å². The summed E-state index contributed by atoms with van der Waals surface area (Å²) in [5.74, 6) is -0.976. The van der Waals surface area contributed by atoms with Gasteiger partial charge >= 0.3 is 6.09 Å². The fourth-order valence-corrected chi connectivity index (χ4v) is 4.78. The second-order valence-corrected chi connectivity index (χ2v) is 7.27. The van der Waals surface area contributed by atoms with E-state index in [2.05, 4.69) is 18.2 Å². The summed E-state index contributed by atoms with van der Waals surface area (Å²) in [5.41, 5.74) is 5.38. The summed E-state index contributed by atoms with van der Waals surface area (Å²) < 4.78 is 5.09. The molecule has 1 amide bonds. The number of nitrogens with two attached hydrogens (primary N) is 1. The molecular formula is C19H17N5O2S. The van der Waals surface area contributed by atoms with Gasteiger partial charge in [-0.2, -0.15) is 15.8 Å². The molecule has 27 heavy (non-hydrogen) atoms. The zero-order chi connectivity index (χ0) is 19.6. The molecule has 7 nitrogen and oxygen atoms in total. The number of ether oxygens (including phenoxy) is 1. The highest BCUT2D eigenvalue weighted by molar-refractivity contribution is 7.10. The van der Waals surface area contributed by atoms with Crippen LogP contribution < -0.4 is 5.73 Å². The van der Waals surface area contributed by atoms with E-state index in [1.54, 1.807) is 13.0 Å². The number of amides is 1. The Labute approximate surface area is 161 Å². The van der Waals surface area contributed by atoms with Gasteiger partial charge in [0.15, 0.2) is 5.41 Å². The van der Waals surface area contributed by atoms with Gasteiger partial charge in [-0.15, -0.1) is 11.3 Å². The first-order chi connectivity index (χ1) is 13.0. The molecule has 2 atom stereocenters. The zero-order valence-corrected chi connectivity index (χ0v) is 15.5. The highest BCUT2D eigenvalue weighted by atomic mass is 32.1. The lowest BCUT2D eigenvalue weighted by Crippen LogP contribution is -2.49. The van der Waals surface area contributed by atoms with Gasteiger partial charge in [0.1, 0.15) is 6.07 Å². The first-order valence-electron chi connectivity index (χ1n) is 8.42. The van der Waals surface area contributed by atoms with E-state index in [-0.39, 0.29) is 31.0 Å². The molecule has 0 saturated carbocycles. The number of rotatable bonds is 2. The average molecular weight is 379 g/mol. The number of allylic oxidation sites excluding steroid dienone is 2. The molecular weight excluding hydrogens is 362 g/mol. The van der Waals surface area contributed by atoms with Crippen molar-refractivity contribution in [3.8, 4) is 18.2 Å². The molecule has 0 spiro atoms. The molecule has 2 N–H and O–H groups in total. The van der Waals surface area contributed by atoms with Crippen molar-refractivity contribution in [2.75, 3.05) is 19.7 Å². The topological polar surface area (TPSA) is 127 Å². The van der Waals surface area contributed by atoms with Crippen molar-refractivity contribution in [3.05, 3.63) is 45.3 Å². The highest BCUT2D eigenvalue weighted by Gasteiger charge is 2.55. The minimum atomic E-state index is -1.67. The molecule has 136 valence electrons. The number of thiophene rings is 1. The van der Waals surface area contributed by atoms with Gasteiger partial charge in [-0.1, -0.05) is 12.1 Å². The molecule has 0 radical (unpaired) electrons. The average Bonchev–Trinajstić information content (AvgIpc) is 3.21. The standard InChI is InChI=1S/C19H17N5O2S/c1-2-26-18(25)24-6-5-12-13(8-20)17(23)19(10-21,11-22)16(14(12)9-24)15-4-3-7-27-15/h3-5,7,14,16H,2,6,9,23H2,1H3/t14-,16-/m0/s1. The van der Waals surface area contributed by atoms with Gasteiger partial charge in [0.25, 0.3) is 0 Å². The van der Waals surface area contributed by atoms with Gasteiger partial charge in [-0.25, -0.2) is 4.79 Å². The summed E-state index contributed by atoms with van der Waals surface area (Å²) in [6.45, 7) is 2.51. The second kappa shape index (κ2) is 7.15. The van der Waals surface area contributed by atoms with Gasteiger partial charge in [0, 0.05) is 29.8 Å². The largest absolute Gasteiger partial charge is 0.450 e. The van der Waals surface area contributed by atoms with E-state index in [0.717, 1.165) is 4.88 Å². The molecule has 0 fully saturated rings. The molecule has 8 heteroatoms. The van der Waals surface area contributed by atoms with Crippen molar-refractivity contribution < 1.29 is 9.53 Å². The van der Waals surface area contributed by atoms with Crippen LogP contribution in [0.1, 0.15) is 17.7 Å². The normalized spacial score (nSPS) is 23.3. The van der Waals surface area contributed by atoms with Crippen molar-refractivity contribution in [1.82, 2.24) is 4.90 Å². The molecule has 1 aliphatic carbocycles. The first-order valence-corrected chi connectivity index (χ1v) is 9.30. The van der Waals surface area contributed by atoms with Crippen LogP contribution in [0.3, 0.4) is 0 Å². The Morgan fingerprint density at radius 3 is 2.74 bits per heavy atom. The quantitative estimate of drug-likeness (QED) is 0.841. The van der Waals surface area contributed by atoms with Gasteiger partial charge in [-0.05, 0) is 23.9 Å². The maximum Gasteiger partial charge on any atom is 0.410 e. The number of carbonyl (C=O) groups excluding carboxylic acids is 1. The molecule has 3 rings (SSSR count). The van der Waals surface area contributed by atoms with Crippen LogP contribution in [-0.2, 0) is 4.74 Å². The lowest BCUT2D eigenvalue weighted by molar-refractivity contribution is 0.100. The molecule has 1 aliphatic heterocycles. The van der Waals surface area contributed by atoms with Gasteiger partial charge in [0.05, 0.1) is 30.0 Å². The SMILES string of the molecule is CCOC(=O)N1CC=C2C(C#N)=C(N)C(C#N)(C#N)[C@H](c3cccs3)[C@H]2C1. The number of carbonyl (C=O) groups is 1. The van der Waals surface area contributed by atoms with Crippen LogP contribution in [0, 0.1) is 45.3 Å². The van der Waals surface area contributed by atoms with Gasteiger partial charge in [-0.3, -0.25) is 0 Å². The second-order valence-electron chi connectivity index (χ2n) is 6.30. The van der Waals surface area contributed by atoms with Crippen molar-refractivity contribution in [2.45, 2.75) is 12.8 Å². The minimum absolute atomic E-state index is 0.0134. The predicted octanol–water partition coefficient (Wildman–Crippen LogP) is 2.63. The summed E-state index contributed by atoms with van der Waals surface area (Å²) in [5, 5.41) is 31.4. The molecule has 0 saturated heterocycles. The molecule has 2 aliphatic rings. The number of hydrogen-bond acceptors (Lipinski definition) is 7. The van der Waals surface area contributed by atoms with E-state index in [1.807, 2.05) is 17.5 Å². The van der Waals surface area contributed by atoms with E-state index in [9.17, 15) is 20.6 Å². The third-order valence-corrected chi connectivity index (χ3v) is 6.00. The summed E-state index contributed by atoms with van der Waals surface area (Å²) in [6, 6.07) is 9.90. The third kappa shape index (κ3) is 2.73. The molecule has 0 unspecified atom stereocenters. The van der Waals surface area contributed by atoms with Gasteiger partial charge in [0.2, 0.25) is 0 Å². The Bertz CT molecular complexity index is 928. The van der Waals surface area contributed by atoms with Gasteiger partial charge < -0.3 is 15.4 Å². The number of fused-ring (bicyclic) bond motifs is 1. The Balaban J connectivity index is 2.20. The van der Waals surface area contributed by atoms with E-state index in [4.69, 9.17) is 10.5 Å². The molecule has 1 aromatic rings. The molecule has 2 heterocycles. The zero-order valence-electron chi connectivity index (χ0n) is 14.7. The van der Waals surface area contributed by atoms with Crippen LogP contribution in [0.4, 0.5) is 4.79 Å². The smallest absolute Gasteiger partial charge is 0.410 e. The fourth-order valence-electron chi connectivity index (χ4n) is 3.82. The monoisotopic (exact) mass is 379 g/mol. The Kier molecular flexibility index (Phi) is 4.90. The van der Waals surface area contributed by atoms with Crippen LogP contribution in [0.25, 0.3) is 0 Å². The van der Waals surface area contributed by atoms with Crippen molar-refractivity contribution >= 4 is 17.4 Å².